The summed E-state index contributed by atoms with van der Waals surface area (Å²) >= 11 is 0. The van der Waals surface area contributed by atoms with E-state index in [2.05, 4.69) is 19.2 Å². The Kier molecular flexibility index (Phi) is 42.9. The third-order valence-corrected chi connectivity index (χ3v) is 20.0. The third kappa shape index (κ3) is 31.2. The van der Waals surface area contributed by atoms with Gasteiger partial charge >= 0.3 is 15.6 Å². The Morgan fingerprint density at radius 1 is 0.407 bits per heavy atom. The Bertz CT molecular complexity index is 1960. The summed E-state index contributed by atoms with van der Waals surface area (Å²) in [4.78, 5) is 35.1. The molecule has 0 spiro atoms. The van der Waals surface area contributed by atoms with Crippen molar-refractivity contribution in [2.24, 2.45) is 0 Å². The highest BCUT2D eigenvalue weighted by molar-refractivity contribution is 7.47. The van der Waals surface area contributed by atoms with Gasteiger partial charge in [-0.05, 0) is 12.8 Å². The van der Waals surface area contributed by atoms with Crippen molar-refractivity contribution in [2.45, 2.75) is 373 Å². The van der Waals surface area contributed by atoms with Crippen LogP contribution in [0.5, 0.6) is 0 Å². The smallest absolute Gasteiger partial charge is 0.390 e. The molecule has 2 saturated carbocycles. The number of carbonyl (C=O) groups excluding carboxylic acids is 1. The van der Waals surface area contributed by atoms with Gasteiger partial charge in [0.1, 0.15) is 110 Å². The second-order valence-corrected chi connectivity index (χ2v) is 28.6. The highest BCUT2D eigenvalue weighted by Crippen LogP contribution is 2.49. The van der Waals surface area contributed by atoms with Gasteiger partial charge in [-0.2, -0.15) is 0 Å². The maximum atomic E-state index is 13.8. The average Bonchev–Trinajstić information content (AvgIpc) is 0.838. The predicted molar refractivity (Wildman–Crippen MR) is 334 cm³/mol. The van der Waals surface area contributed by atoms with E-state index in [1.54, 1.807) is 0 Å². The Hall–Kier alpha value is -0.990. The number of ether oxygens (including phenoxy) is 2. The van der Waals surface area contributed by atoms with Gasteiger partial charge in [-0.15, -0.1) is 0 Å². The van der Waals surface area contributed by atoms with Crippen molar-refractivity contribution in [3.8, 4) is 0 Å². The molecule has 1 amide bonds. The van der Waals surface area contributed by atoms with Crippen molar-refractivity contribution in [1.29, 1.82) is 0 Å². The van der Waals surface area contributed by atoms with Crippen LogP contribution in [-0.4, -0.2) is 234 Å². The van der Waals surface area contributed by atoms with Crippen LogP contribution in [-0.2, 0) is 41.5 Å². The standard InChI is InChI=1S/C62H121NO26P2/c1-3-5-7-9-11-13-15-17-18-19-20-21-22-23-24-25-26-28-30-32-34-36-38-43(65)61(79)63-41(45(66)42(64)37-35-33-31-29-27-16-14-12-10-8-6-4-2)39-84-90(80,81)89-60-56(77)52(73)51(72)55(76)59(60)87-62-57(78)47(68)46(67)44(86-62)40-85-91(82,83)88-58-53(74)49(70)48(69)50(71)54(58)75/h41-60,62,64-78H,3-40H2,1-2H3,(H,63,79)(H,80,81)(H,82,83)/t41-,42+,43-,44+,45-,46+,47-,48?,49-,50+,51+,52+,53+,54+,55-,56+,57-,58?,59+,60+,62?/m0/s1. The van der Waals surface area contributed by atoms with Crippen LogP contribution < -0.4 is 5.32 Å². The number of rotatable bonds is 52. The Morgan fingerprint density at radius 3 is 1.13 bits per heavy atom. The Morgan fingerprint density at radius 2 is 0.725 bits per heavy atom. The number of aliphatic hydroxyl groups excluding tert-OH is 15. The Labute approximate surface area is 539 Å². The van der Waals surface area contributed by atoms with Crippen LogP contribution in [0.15, 0.2) is 0 Å². The highest BCUT2D eigenvalue weighted by Gasteiger charge is 2.56. The van der Waals surface area contributed by atoms with E-state index in [0.29, 0.717) is 19.3 Å². The zero-order chi connectivity index (χ0) is 67.5. The summed E-state index contributed by atoms with van der Waals surface area (Å²) in [5.74, 6) is -0.989. The first kappa shape index (κ1) is 84.2. The second-order valence-electron chi connectivity index (χ2n) is 25.8. The van der Waals surface area contributed by atoms with E-state index in [1.165, 1.54) is 135 Å². The van der Waals surface area contributed by atoms with Gasteiger partial charge in [0.2, 0.25) is 5.91 Å². The molecule has 3 fully saturated rings. The minimum absolute atomic E-state index is 0.0371. The molecule has 2 aliphatic carbocycles. The lowest BCUT2D eigenvalue weighted by Crippen LogP contribution is -2.67. The van der Waals surface area contributed by atoms with Crippen molar-refractivity contribution in [3.05, 3.63) is 0 Å². The maximum Gasteiger partial charge on any atom is 0.472 e. The number of phosphoric acid groups is 2. The molecule has 1 heterocycles. The minimum Gasteiger partial charge on any atom is -0.390 e. The van der Waals surface area contributed by atoms with E-state index in [-0.39, 0.29) is 12.8 Å². The molecule has 1 aliphatic heterocycles. The monoisotopic (exact) mass is 1360 g/mol. The first-order chi connectivity index (χ1) is 43.3. The third-order valence-electron chi connectivity index (χ3n) is 18.0. The summed E-state index contributed by atoms with van der Waals surface area (Å²) in [5.41, 5.74) is 0. The number of aliphatic hydroxyl groups is 15. The summed E-state index contributed by atoms with van der Waals surface area (Å²) in [6.45, 7) is 2.06. The quantitative estimate of drug-likeness (QED) is 0.0301. The zero-order valence-electron chi connectivity index (χ0n) is 54.2. The topological polar surface area (TPSA) is 463 Å². The molecule has 29 heteroatoms. The van der Waals surface area contributed by atoms with E-state index in [1.807, 2.05) is 0 Å². The molecule has 91 heavy (non-hydrogen) atoms. The van der Waals surface area contributed by atoms with Crippen molar-refractivity contribution in [3.63, 3.8) is 0 Å². The van der Waals surface area contributed by atoms with E-state index in [4.69, 9.17) is 27.6 Å². The van der Waals surface area contributed by atoms with Crippen LogP contribution in [0, 0.1) is 0 Å². The molecule has 3 aliphatic rings. The second kappa shape index (κ2) is 46.3. The number of nitrogens with one attached hydrogen (secondary N) is 1. The fourth-order valence-electron chi connectivity index (χ4n) is 12.0. The zero-order valence-corrected chi connectivity index (χ0v) is 56.0. The molecule has 0 aromatic heterocycles. The largest absolute Gasteiger partial charge is 0.472 e. The lowest BCUT2D eigenvalue weighted by Gasteiger charge is -2.47. The molecule has 0 aromatic carbocycles. The van der Waals surface area contributed by atoms with Crippen molar-refractivity contribution >= 4 is 21.6 Å². The molecule has 3 rings (SSSR count). The summed E-state index contributed by atoms with van der Waals surface area (Å²) < 4.78 is 57.8. The molecule has 0 aromatic rings. The lowest BCUT2D eigenvalue weighted by molar-refractivity contribution is -0.337. The van der Waals surface area contributed by atoms with E-state index in [9.17, 15) is 100 Å². The number of phosphoric ester groups is 2. The fourth-order valence-corrected chi connectivity index (χ4v) is 13.9. The molecule has 0 bridgehead atoms. The molecule has 18 N–H and O–H groups in total. The summed E-state index contributed by atoms with van der Waals surface area (Å²) in [7, 11) is -11.2. The van der Waals surface area contributed by atoms with Gasteiger partial charge in [-0.1, -0.05) is 232 Å². The molecule has 1 saturated heterocycles. The molecule has 0 radical (unpaired) electrons. The number of unbranched alkanes of at least 4 members (excludes halogenated alkanes) is 32. The van der Waals surface area contributed by atoms with Gasteiger partial charge in [-0.25, -0.2) is 9.13 Å². The summed E-state index contributed by atoms with van der Waals surface area (Å²) in [6, 6.07) is -1.69. The predicted octanol–water partition coefficient (Wildman–Crippen LogP) is 4.11. The van der Waals surface area contributed by atoms with Gasteiger partial charge in [-0.3, -0.25) is 22.9 Å². The number of amides is 1. The van der Waals surface area contributed by atoms with E-state index in [0.717, 1.165) is 64.2 Å². The normalized spacial score (nSPS) is 31.6. The molecular weight excluding hydrogens is 1240 g/mol. The average molecular weight is 1360 g/mol. The molecule has 5 unspecified atom stereocenters. The molecule has 23 atom stereocenters. The number of carbonyl (C=O) groups is 1. The van der Waals surface area contributed by atoms with Crippen LogP contribution in [0.1, 0.15) is 245 Å². The lowest BCUT2D eigenvalue weighted by atomic mass is 9.84. The van der Waals surface area contributed by atoms with Crippen LogP contribution >= 0.6 is 15.6 Å². The van der Waals surface area contributed by atoms with E-state index < -0.39 is 163 Å². The molecular formula is C62H121NO26P2. The van der Waals surface area contributed by atoms with Crippen molar-refractivity contribution in [1.82, 2.24) is 5.32 Å². The first-order valence-electron chi connectivity index (χ1n) is 34.4. The van der Waals surface area contributed by atoms with Crippen LogP contribution in [0.3, 0.4) is 0 Å². The minimum atomic E-state index is -5.69. The maximum absolute atomic E-state index is 13.8. The van der Waals surface area contributed by atoms with Gasteiger partial charge in [0.05, 0.1) is 25.4 Å². The van der Waals surface area contributed by atoms with Gasteiger partial charge in [0.15, 0.2) is 6.29 Å². The Balaban J connectivity index is 1.59. The van der Waals surface area contributed by atoms with Crippen LogP contribution in [0.25, 0.3) is 0 Å². The highest BCUT2D eigenvalue weighted by atomic mass is 31.2. The number of hydrogen-bond donors (Lipinski definition) is 18. The fraction of sp³-hybridized carbons (Fsp3) is 0.984. The van der Waals surface area contributed by atoms with Gasteiger partial charge < -0.3 is 101 Å². The summed E-state index contributed by atoms with van der Waals surface area (Å²) in [5, 5.41) is 162. The van der Waals surface area contributed by atoms with Crippen LogP contribution in [0.4, 0.5) is 0 Å². The SMILES string of the molecule is CCCCCCCCCCCCCCCCCCCCCCCC[C@H](O)C(=O)N[C@@H](COP(=O)(O)O[C@@H]1[C@H](O)[C@H](O)[C@@H](O)[C@H](O)[C@H]1OC1O[C@H](COP(=O)(O)OC2[C@H](O)[C@H](O)C(O)[C@H](O)[C@H]2O)[C@@H](O)[C@H](O)[C@@H]1O)[C@H](O)[C@H](O)CCCCCCCCCCCCCC. The first-order valence-corrected chi connectivity index (χ1v) is 37.4. The van der Waals surface area contributed by atoms with Crippen molar-refractivity contribution < 1.29 is 128 Å². The molecule has 27 nitrogen and oxygen atoms in total. The summed E-state index contributed by atoms with van der Waals surface area (Å²) in [6.07, 6.45) is -4.66. The number of hydrogen-bond acceptors (Lipinski definition) is 24. The van der Waals surface area contributed by atoms with E-state index >= 15 is 0 Å². The van der Waals surface area contributed by atoms with Gasteiger partial charge in [0.25, 0.3) is 0 Å². The van der Waals surface area contributed by atoms with Gasteiger partial charge in [0, 0.05) is 0 Å². The van der Waals surface area contributed by atoms with Crippen LogP contribution in [0.2, 0.25) is 0 Å². The molecule has 540 valence electrons. The van der Waals surface area contributed by atoms with Crippen molar-refractivity contribution in [2.75, 3.05) is 13.2 Å².